The molecule has 19 heavy (non-hydrogen) atoms. The zero-order chi connectivity index (χ0) is 13.2. The van der Waals surface area contributed by atoms with Gasteiger partial charge < -0.3 is 9.30 Å². The van der Waals surface area contributed by atoms with Crippen LogP contribution in [0.15, 0.2) is 35.7 Å². The molecule has 0 aliphatic heterocycles. The van der Waals surface area contributed by atoms with Crippen LogP contribution in [0.3, 0.4) is 0 Å². The quantitative estimate of drug-likeness (QED) is 0.682. The molecule has 0 radical (unpaired) electrons. The third kappa shape index (κ3) is 2.33. The van der Waals surface area contributed by atoms with Crippen LogP contribution in [-0.4, -0.2) is 16.7 Å². The van der Waals surface area contributed by atoms with Gasteiger partial charge in [0.2, 0.25) is 0 Å². The van der Waals surface area contributed by atoms with Crippen molar-refractivity contribution >= 4 is 34.0 Å². The summed E-state index contributed by atoms with van der Waals surface area (Å²) < 4.78 is 7.43. The van der Waals surface area contributed by atoms with Crippen LogP contribution in [0.2, 0.25) is 0 Å². The van der Waals surface area contributed by atoms with E-state index >= 15 is 0 Å². The van der Waals surface area contributed by atoms with Gasteiger partial charge in [-0.15, -0.1) is 22.9 Å². The van der Waals surface area contributed by atoms with Crippen LogP contribution < -0.4 is 4.74 Å². The maximum atomic E-state index is 6.01. The molecule has 5 heteroatoms. The highest BCUT2D eigenvalue weighted by atomic mass is 35.5. The third-order valence-electron chi connectivity index (χ3n) is 3.05. The van der Waals surface area contributed by atoms with Gasteiger partial charge in [-0.05, 0) is 23.6 Å². The predicted octanol–water partition coefficient (Wildman–Crippen LogP) is 3.89. The van der Waals surface area contributed by atoms with Crippen molar-refractivity contribution in [2.75, 3.05) is 7.11 Å². The van der Waals surface area contributed by atoms with Gasteiger partial charge in [0.25, 0.3) is 0 Å². The van der Waals surface area contributed by atoms with Crippen molar-refractivity contribution in [2.45, 2.75) is 12.4 Å². The van der Waals surface area contributed by atoms with Crippen LogP contribution in [0.1, 0.15) is 10.7 Å². The number of alkyl halides is 1. The summed E-state index contributed by atoms with van der Waals surface area (Å²) >= 11 is 7.74. The second-order valence-corrected chi connectivity index (χ2v) is 5.48. The molecule has 0 bridgehead atoms. The van der Waals surface area contributed by atoms with Crippen molar-refractivity contribution in [1.29, 1.82) is 0 Å². The number of thiophene rings is 1. The van der Waals surface area contributed by atoms with E-state index in [9.17, 15) is 0 Å². The number of imidazole rings is 1. The van der Waals surface area contributed by atoms with Crippen LogP contribution in [0.5, 0.6) is 5.75 Å². The molecule has 0 unspecified atom stereocenters. The van der Waals surface area contributed by atoms with Crippen molar-refractivity contribution < 1.29 is 4.74 Å². The molecule has 3 nitrogen and oxygen atoms in total. The third-order valence-corrected chi connectivity index (χ3v) is 4.15. The molecule has 0 saturated carbocycles. The summed E-state index contributed by atoms with van der Waals surface area (Å²) in [7, 11) is 1.67. The van der Waals surface area contributed by atoms with E-state index in [0.29, 0.717) is 5.88 Å². The summed E-state index contributed by atoms with van der Waals surface area (Å²) in [6, 6.07) is 10.1. The fourth-order valence-electron chi connectivity index (χ4n) is 2.12. The van der Waals surface area contributed by atoms with E-state index in [2.05, 4.69) is 27.1 Å². The minimum atomic E-state index is 0.405. The number of hydrogen-bond donors (Lipinski definition) is 0. The molecule has 0 aliphatic rings. The van der Waals surface area contributed by atoms with Gasteiger partial charge in [0.1, 0.15) is 11.6 Å². The number of fused-ring (bicyclic) bond motifs is 1. The van der Waals surface area contributed by atoms with Gasteiger partial charge in [-0.25, -0.2) is 4.98 Å². The lowest BCUT2D eigenvalue weighted by Crippen LogP contribution is -2.02. The lowest BCUT2D eigenvalue weighted by atomic mass is 10.3. The monoisotopic (exact) mass is 292 g/mol. The number of aromatic nitrogens is 2. The molecular formula is C14H13ClN2OS. The minimum Gasteiger partial charge on any atom is -0.497 e. The molecule has 0 N–H and O–H groups in total. The van der Waals surface area contributed by atoms with Crippen molar-refractivity contribution in [2.24, 2.45) is 0 Å². The predicted molar refractivity (Wildman–Crippen MR) is 79.3 cm³/mol. The average molecular weight is 293 g/mol. The van der Waals surface area contributed by atoms with E-state index in [1.54, 1.807) is 18.4 Å². The van der Waals surface area contributed by atoms with Crippen molar-refractivity contribution in [1.82, 2.24) is 9.55 Å². The number of rotatable bonds is 4. The van der Waals surface area contributed by atoms with E-state index in [1.165, 1.54) is 4.88 Å². The van der Waals surface area contributed by atoms with Crippen LogP contribution in [0, 0.1) is 0 Å². The van der Waals surface area contributed by atoms with Gasteiger partial charge >= 0.3 is 0 Å². The molecule has 3 rings (SSSR count). The number of benzene rings is 1. The van der Waals surface area contributed by atoms with Gasteiger partial charge in [0.05, 0.1) is 30.6 Å². The average Bonchev–Trinajstić information content (AvgIpc) is 3.07. The first-order chi connectivity index (χ1) is 9.31. The SMILES string of the molecule is COc1ccc2nc(CCl)n(Cc3cccs3)c2c1. The van der Waals surface area contributed by atoms with Gasteiger partial charge in [-0.1, -0.05) is 6.07 Å². The van der Waals surface area contributed by atoms with E-state index < -0.39 is 0 Å². The Morgan fingerprint density at radius 2 is 2.26 bits per heavy atom. The minimum absolute atomic E-state index is 0.405. The fraction of sp³-hybridized carbons (Fsp3) is 0.214. The highest BCUT2D eigenvalue weighted by molar-refractivity contribution is 7.09. The first-order valence-electron chi connectivity index (χ1n) is 5.93. The smallest absolute Gasteiger partial charge is 0.125 e. The van der Waals surface area contributed by atoms with E-state index in [-0.39, 0.29) is 0 Å². The second-order valence-electron chi connectivity index (χ2n) is 4.18. The molecule has 0 saturated heterocycles. The molecule has 1 aromatic carbocycles. The Balaban J connectivity index is 2.13. The Bertz CT molecular complexity index is 691. The molecule has 0 fully saturated rings. The molecule has 2 heterocycles. The highest BCUT2D eigenvalue weighted by Crippen LogP contribution is 2.24. The molecule has 98 valence electrons. The maximum Gasteiger partial charge on any atom is 0.125 e. The van der Waals surface area contributed by atoms with Crippen LogP contribution >= 0.6 is 22.9 Å². The molecule has 2 aromatic heterocycles. The normalized spacial score (nSPS) is 11.1. The van der Waals surface area contributed by atoms with Gasteiger partial charge in [0.15, 0.2) is 0 Å². The van der Waals surface area contributed by atoms with Crippen molar-refractivity contribution in [3.05, 3.63) is 46.4 Å². The van der Waals surface area contributed by atoms with Gasteiger partial charge in [0, 0.05) is 10.9 Å². The fourth-order valence-corrected chi connectivity index (χ4v) is 3.01. The first-order valence-corrected chi connectivity index (χ1v) is 7.34. The molecule has 0 amide bonds. The number of methoxy groups -OCH3 is 1. The molecule has 0 aliphatic carbocycles. The standard InChI is InChI=1S/C14H13ClN2OS/c1-18-10-4-5-12-13(7-10)17(14(8-15)16-12)9-11-3-2-6-19-11/h2-7H,8-9H2,1H3. The van der Waals surface area contributed by atoms with Crippen molar-refractivity contribution in [3.8, 4) is 5.75 Å². The Labute approximate surface area is 120 Å². The Morgan fingerprint density at radius 1 is 1.37 bits per heavy atom. The van der Waals surface area contributed by atoms with Gasteiger partial charge in [-0.2, -0.15) is 0 Å². The number of ether oxygens (including phenoxy) is 1. The number of halogens is 1. The van der Waals surface area contributed by atoms with Crippen molar-refractivity contribution in [3.63, 3.8) is 0 Å². The summed E-state index contributed by atoms with van der Waals surface area (Å²) in [5, 5.41) is 2.08. The Hall–Kier alpha value is -1.52. The van der Waals surface area contributed by atoms with Gasteiger partial charge in [-0.3, -0.25) is 0 Å². The molecule has 3 aromatic rings. The second kappa shape index (κ2) is 5.23. The Kier molecular flexibility index (Phi) is 3.44. The van der Waals surface area contributed by atoms with E-state index in [4.69, 9.17) is 16.3 Å². The zero-order valence-corrected chi connectivity index (χ0v) is 12.0. The van der Waals surface area contributed by atoms with E-state index in [0.717, 1.165) is 29.2 Å². The summed E-state index contributed by atoms with van der Waals surface area (Å²) in [5.74, 6) is 2.13. The van der Waals surface area contributed by atoms with Crippen LogP contribution in [0.25, 0.3) is 11.0 Å². The maximum absolute atomic E-state index is 6.01. The molecular weight excluding hydrogens is 280 g/mol. The topological polar surface area (TPSA) is 27.1 Å². The van der Waals surface area contributed by atoms with E-state index in [1.807, 2.05) is 18.2 Å². The summed E-state index contributed by atoms with van der Waals surface area (Å²) in [4.78, 5) is 5.85. The number of nitrogens with zero attached hydrogens (tertiary/aromatic N) is 2. The summed E-state index contributed by atoms with van der Waals surface area (Å²) in [5.41, 5.74) is 2.01. The molecule has 0 spiro atoms. The number of hydrogen-bond acceptors (Lipinski definition) is 3. The van der Waals surface area contributed by atoms with Crippen LogP contribution in [-0.2, 0) is 12.4 Å². The lowest BCUT2D eigenvalue weighted by Gasteiger charge is -2.06. The zero-order valence-electron chi connectivity index (χ0n) is 10.5. The summed E-state index contributed by atoms with van der Waals surface area (Å²) in [6.45, 7) is 0.795. The van der Waals surface area contributed by atoms with Crippen LogP contribution in [0.4, 0.5) is 0 Å². The lowest BCUT2D eigenvalue weighted by molar-refractivity contribution is 0.415. The first kappa shape index (κ1) is 12.5. The summed E-state index contributed by atoms with van der Waals surface area (Å²) in [6.07, 6.45) is 0. The Morgan fingerprint density at radius 3 is 2.95 bits per heavy atom. The molecule has 0 atom stereocenters. The highest BCUT2D eigenvalue weighted by Gasteiger charge is 2.11. The largest absolute Gasteiger partial charge is 0.497 e.